The van der Waals surface area contributed by atoms with Crippen molar-refractivity contribution in [1.29, 1.82) is 0 Å². The van der Waals surface area contributed by atoms with Gasteiger partial charge in [0.15, 0.2) is 0 Å². The van der Waals surface area contributed by atoms with Crippen molar-refractivity contribution in [3.63, 3.8) is 0 Å². The van der Waals surface area contributed by atoms with Gasteiger partial charge < -0.3 is 14.8 Å². The van der Waals surface area contributed by atoms with Crippen molar-refractivity contribution in [3.05, 3.63) is 81.5 Å². The fraction of sp³-hybridized carbons (Fsp3) is 0.320. The first kappa shape index (κ1) is 24.6. The lowest BCUT2D eigenvalue weighted by Crippen LogP contribution is -2.30. The third-order valence-electron chi connectivity index (χ3n) is 5.66. The van der Waals surface area contributed by atoms with Crippen LogP contribution in [0.5, 0.6) is 11.6 Å². The zero-order valence-corrected chi connectivity index (χ0v) is 19.1. The number of rotatable bonds is 6. The molecule has 1 aromatic heterocycles. The number of aromatic nitrogens is 2. The summed E-state index contributed by atoms with van der Waals surface area (Å²) in [6.07, 6.45) is -5.63. The first-order valence-corrected chi connectivity index (χ1v) is 10.9. The monoisotopic (exact) mass is 489 g/mol. The number of benzene rings is 2. The van der Waals surface area contributed by atoms with Gasteiger partial charge in [0.25, 0.3) is 11.8 Å². The highest BCUT2D eigenvalue weighted by Crippen LogP contribution is 2.34. The van der Waals surface area contributed by atoms with Gasteiger partial charge in [0.05, 0.1) is 31.0 Å². The smallest absolute Gasteiger partial charge is 0.416 e. The molecule has 10 heteroatoms. The van der Waals surface area contributed by atoms with Crippen LogP contribution < -0.4 is 10.1 Å². The minimum absolute atomic E-state index is 0.0417. The van der Waals surface area contributed by atoms with Crippen molar-refractivity contribution in [2.24, 2.45) is 0 Å². The summed E-state index contributed by atoms with van der Waals surface area (Å²) < 4.78 is 65.3. The second-order valence-electron chi connectivity index (χ2n) is 8.27. The van der Waals surface area contributed by atoms with Crippen LogP contribution in [-0.2, 0) is 23.9 Å². The molecule has 6 nitrogen and oxygen atoms in total. The number of hydrogen-bond donors (Lipinski definition) is 1. The van der Waals surface area contributed by atoms with Gasteiger partial charge >= 0.3 is 6.18 Å². The number of aryl methyl sites for hydroxylation is 2. The molecule has 4 rings (SSSR count). The van der Waals surface area contributed by atoms with Crippen LogP contribution in [0.25, 0.3) is 0 Å². The Hall–Kier alpha value is -3.53. The quantitative estimate of drug-likeness (QED) is 0.469. The van der Waals surface area contributed by atoms with Crippen LogP contribution in [0, 0.1) is 13.8 Å². The zero-order valence-electron chi connectivity index (χ0n) is 19.1. The Kier molecular flexibility index (Phi) is 7.02. The third-order valence-corrected chi connectivity index (χ3v) is 5.66. The highest BCUT2D eigenvalue weighted by atomic mass is 19.4. The molecule has 35 heavy (non-hydrogen) atoms. The van der Waals surface area contributed by atoms with Crippen molar-refractivity contribution >= 4 is 5.91 Å². The molecule has 0 radical (unpaired) electrons. The average Bonchev–Trinajstić information content (AvgIpc) is 2.82. The predicted octanol–water partition coefficient (Wildman–Crippen LogP) is 5.42. The second-order valence-corrected chi connectivity index (χ2v) is 8.27. The molecule has 184 valence electrons. The molecule has 0 saturated heterocycles. The van der Waals surface area contributed by atoms with E-state index in [0.29, 0.717) is 29.8 Å². The predicted molar refractivity (Wildman–Crippen MR) is 119 cm³/mol. The summed E-state index contributed by atoms with van der Waals surface area (Å²) in [6, 6.07) is 9.52. The molecule has 0 aliphatic carbocycles. The van der Waals surface area contributed by atoms with E-state index in [1.807, 2.05) is 13.0 Å². The molecule has 1 atom stereocenters. The van der Waals surface area contributed by atoms with Crippen LogP contribution >= 0.6 is 0 Å². The Morgan fingerprint density at radius 3 is 2.71 bits per heavy atom. The van der Waals surface area contributed by atoms with Crippen molar-refractivity contribution in [3.8, 4) is 11.6 Å². The lowest BCUT2D eigenvalue weighted by Gasteiger charge is -2.21. The minimum Gasteiger partial charge on any atom is -0.437 e. The molecule has 0 saturated carbocycles. The normalized spacial score (nSPS) is 14.2. The van der Waals surface area contributed by atoms with Crippen LogP contribution in [0.4, 0.5) is 17.6 Å². The maximum atomic E-state index is 14.9. The zero-order chi connectivity index (χ0) is 25.2. The van der Waals surface area contributed by atoms with Crippen molar-refractivity contribution in [2.75, 3.05) is 13.2 Å². The van der Waals surface area contributed by atoms with Gasteiger partial charge in [-0.1, -0.05) is 29.8 Å². The molecule has 1 aliphatic rings. The number of halogens is 4. The summed E-state index contributed by atoms with van der Waals surface area (Å²) in [5.41, 5.74) is 2.18. The molecule has 1 unspecified atom stereocenters. The summed E-state index contributed by atoms with van der Waals surface area (Å²) in [6.45, 7) is 3.81. The van der Waals surface area contributed by atoms with E-state index in [2.05, 4.69) is 15.5 Å². The first-order valence-electron chi connectivity index (χ1n) is 10.9. The Labute approximate surface area is 199 Å². The standard InChI is InChI=1S/C25H23F4N3O3/c1-14-6-7-18(15(2)10-14)20(26)12-30-23(33)22-19-13-34-9-8-21(19)31-32-24(22)35-17-5-3-4-16(11-17)25(27,28)29/h3-7,10-11,20H,8-9,12-13H2,1-2H3,(H,30,33). The van der Waals surface area contributed by atoms with E-state index in [0.717, 1.165) is 23.3 Å². The molecular weight excluding hydrogens is 466 g/mol. The van der Waals surface area contributed by atoms with E-state index in [4.69, 9.17) is 9.47 Å². The number of alkyl halides is 4. The molecular formula is C25H23F4N3O3. The maximum Gasteiger partial charge on any atom is 0.416 e. The van der Waals surface area contributed by atoms with Gasteiger partial charge in [-0.15, -0.1) is 5.10 Å². The molecule has 1 N–H and O–H groups in total. The number of nitrogens with zero attached hydrogens (tertiary/aromatic N) is 2. The molecule has 0 fully saturated rings. The number of carbonyl (C=O) groups excluding carboxylic acids is 1. The van der Waals surface area contributed by atoms with Crippen LogP contribution in [0.15, 0.2) is 42.5 Å². The molecule has 1 amide bonds. The second kappa shape index (κ2) is 9.99. The molecule has 0 bridgehead atoms. The Morgan fingerprint density at radius 2 is 1.97 bits per heavy atom. The summed E-state index contributed by atoms with van der Waals surface area (Å²) in [5, 5.41) is 10.6. The summed E-state index contributed by atoms with van der Waals surface area (Å²) in [7, 11) is 0. The van der Waals surface area contributed by atoms with E-state index < -0.39 is 23.8 Å². The number of amides is 1. The lowest BCUT2D eigenvalue weighted by molar-refractivity contribution is -0.137. The topological polar surface area (TPSA) is 73.3 Å². The maximum absolute atomic E-state index is 14.9. The average molecular weight is 489 g/mol. The number of ether oxygens (including phenoxy) is 2. The minimum atomic E-state index is -4.57. The van der Waals surface area contributed by atoms with Crippen LogP contribution in [0.1, 0.15) is 50.0 Å². The van der Waals surface area contributed by atoms with Gasteiger partial charge in [-0.3, -0.25) is 4.79 Å². The van der Waals surface area contributed by atoms with Crippen molar-refractivity contribution < 1.29 is 31.8 Å². The van der Waals surface area contributed by atoms with Crippen LogP contribution in [-0.4, -0.2) is 29.3 Å². The Morgan fingerprint density at radius 1 is 1.17 bits per heavy atom. The highest BCUT2D eigenvalue weighted by Gasteiger charge is 2.31. The SMILES string of the molecule is Cc1ccc(C(F)CNC(=O)c2c(Oc3cccc(C(F)(F)F)c3)nnc3c2COCC3)c(C)c1. The highest BCUT2D eigenvalue weighted by molar-refractivity contribution is 5.98. The summed E-state index contributed by atoms with van der Waals surface area (Å²) in [5.74, 6) is -1.14. The number of carbonyl (C=O) groups is 1. The third kappa shape index (κ3) is 5.59. The lowest BCUT2D eigenvalue weighted by atomic mass is 10.0. The summed E-state index contributed by atoms with van der Waals surface area (Å²) in [4.78, 5) is 13.2. The number of fused-ring (bicyclic) bond motifs is 1. The van der Waals surface area contributed by atoms with Gasteiger partial charge in [-0.05, 0) is 43.2 Å². The van der Waals surface area contributed by atoms with E-state index in [1.165, 1.54) is 12.1 Å². The number of hydrogen-bond acceptors (Lipinski definition) is 5. The Balaban J connectivity index is 1.61. The van der Waals surface area contributed by atoms with Crippen LogP contribution in [0.2, 0.25) is 0 Å². The van der Waals surface area contributed by atoms with E-state index in [1.54, 1.807) is 19.1 Å². The van der Waals surface area contributed by atoms with E-state index >= 15 is 0 Å². The van der Waals surface area contributed by atoms with Crippen molar-refractivity contribution in [1.82, 2.24) is 15.5 Å². The molecule has 2 aromatic carbocycles. The van der Waals surface area contributed by atoms with Gasteiger partial charge in [-0.2, -0.15) is 18.3 Å². The molecule has 1 aliphatic heterocycles. The van der Waals surface area contributed by atoms with Crippen LogP contribution in [0.3, 0.4) is 0 Å². The largest absolute Gasteiger partial charge is 0.437 e. The number of nitrogens with one attached hydrogen (secondary N) is 1. The van der Waals surface area contributed by atoms with Gasteiger partial charge in [-0.25, -0.2) is 4.39 Å². The first-order chi connectivity index (χ1) is 16.6. The molecule has 2 heterocycles. The fourth-order valence-electron chi connectivity index (χ4n) is 3.90. The Bertz CT molecular complexity index is 1250. The van der Waals surface area contributed by atoms with Crippen molar-refractivity contribution in [2.45, 2.75) is 39.2 Å². The van der Waals surface area contributed by atoms with Gasteiger partial charge in [0.1, 0.15) is 17.5 Å². The van der Waals surface area contributed by atoms with Gasteiger partial charge in [0, 0.05) is 12.0 Å². The van der Waals surface area contributed by atoms with E-state index in [9.17, 15) is 22.4 Å². The van der Waals surface area contributed by atoms with E-state index in [-0.39, 0.29) is 30.3 Å². The summed E-state index contributed by atoms with van der Waals surface area (Å²) >= 11 is 0. The van der Waals surface area contributed by atoms with Gasteiger partial charge in [0.2, 0.25) is 0 Å². The fourth-order valence-corrected chi connectivity index (χ4v) is 3.90. The molecule has 0 spiro atoms. The molecule has 3 aromatic rings.